The number of hydrogen-bond donors (Lipinski definition) is 0. The number of benzene rings is 1. The summed E-state index contributed by atoms with van der Waals surface area (Å²) in [5.74, 6) is 1.80. The van der Waals surface area contributed by atoms with Crippen molar-refractivity contribution in [2.24, 2.45) is 0 Å². The molecule has 0 unspecified atom stereocenters. The van der Waals surface area contributed by atoms with Crippen molar-refractivity contribution in [1.82, 2.24) is 4.90 Å². The summed E-state index contributed by atoms with van der Waals surface area (Å²) in [5.41, 5.74) is 1.10. The lowest BCUT2D eigenvalue weighted by Crippen LogP contribution is -2.38. The SMILES string of the molecule is O=C(COc1cccc2c1CCCO2)N1CCCCC1. The fourth-order valence-corrected chi connectivity index (χ4v) is 2.87. The van der Waals surface area contributed by atoms with Crippen LogP contribution in [0.25, 0.3) is 0 Å². The van der Waals surface area contributed by atoms with Gasteiger partial charge < -0.3 is 14.4 Å². The summed E-state index contributed by atoms with van der Waals surface area (Å²) in [7, 11) is 0. The number of amides is 1. The third-order valence-electron chi connectivity index (χ3n) is 3.98. The van der Waals surface area contributed by atoms with Gasteiger partial charge in [-0.15, -0.1) is 0 Å². The van der Waals surface area contributed by atoms with Crippen LogP contribution in [0.5, 0.6) is 11.5 Å². The van der Waals surface area contributed by atoms with E-state index in [9.17, 15) is 4.79 Å². The molecule has 108 valence electrons. The Balaban J connectivity index is 1.62. The lowest BCUT2D eigenvalue weighted by molar-refractivity contribution is -0.134. The van der Waals surface area contributed by atoms with Gasteiger partial charge in [-0.3, -0.25) is 4.79 Å². The third kappa shape index (κ3) is 2.89. The zero-order chi connectivity index (χ0) is 13.8. The highest BCUT2D eigenvalue weighted by Crippen LogP contribution is 2.32. The van der Waals surface area contributed by atoms with Crippen LogP contribution in [0.15, 0.2) is 18.2 Å². The monoisotopic (exact) mass is 275 g/mol. The second kappa shape index (κ2) is 6.16. The Bertz CT molecular complexity index is 481. The first kappa shape index (κ1) is 13.3. The molecule has 0 bridgehead atoms. The molecule has 4 nitrogen and oxygen atoms in total. The molecular weight excluding hydrogens is 254 g/mol. The standard InChI is InChI=1S/C16H21NO3/c18-16(17-9-2-1-3-10-17)12-20-15-8-4-7-14-13(15)6-5-11-19-14/h4,7-8H,1-3,5-6,9-12H2. The molecule has 0 spiro atoms. The topological polar surface area (TPSA) is 38.8 Å². The van der Waals surface area contributed by atoms with Crippen molar-refractivity contribution >= 4 is 5.91 Å². The summed E-state index contributed by atoms with van der Waals surface area (Å²) in [6.07, 6.45) is 5.42. The maximum atomic E-state index is 12.1. The molecule has 20 heavy (non-hydrogen) atoms. The van der Waals surface area contributed by atoms with Gasteiger partial charge in [-0.1, -0.05) is 6.07 Å². The minimum atomic E-state index is 0.0963. The number of ether oxygens (including phenoxy) is 2. The van der Waals surface area contributed by atoms with Crippen molar-refractivity contribution < 1.29 is 14.3 Å². The second-order valence-electron chi connectivity index (χ2n) is 5.41. The zero-order valence-corrected chi connectivity index (χ0v) is 11.8. The van der Waals surface area contributed by atoms with Crippen molar-refractivity contribution in [3.05, 3.63) is 23.8 Å². The van der Waals surface area contributed by atoms with Crippen LogP contribution < -0.4 is 9.47 Å². The van der Waals surface area contributed by atoms with E-state index >= 15 is 0 Å². The summed E-state index contributed by atoms with van der Waals surface area (Å²) < 4.78 is 11.4. The molecule has 3 rings (SSSR count). The van der Waals surface area contributed by atoms with E-state index in [1.165, 1.54) is 6.42 Å². The molecule has 0 saturated carbocycles. The molecule has 1 amide bonds. The first-order chi connectivity index (χ1) is 9.84. The van der Waals surface area contributed by atoms with Crippen molar-refractivity contribution in [2.75, 3.05) is 26.3 Å². The highest BCUT2D eigenvalue weighted by Gasteiger charge is 2.19. The minimum absolute atomic E-state index is 0.0963. The van der Waals surface area contributed by atoms with E-state index < -0.39 is 0 Å². The van der Waals surface area contributed by atoms with Crippen LogP contribution in [0.2, 0.25) is 0 Å². The Kier molecular flexibility index (Phi) is 4.09. The number of carbonyl (C=O) groups excluding carboxylic acids is 1. The molecule has 1 aromatic carbocycles. The fraction of sp³-hybridized carbons (Fsp3) is 0.562. The molecule has 0 aromatic heterocycles. The number of hydrogen-bond acceptors (Lipinski definition) is 3. The molecular formula is C16H21NO3. The van der Waals surface area contributed by atoms with Gasteiger partial charge in [0, 0.05) is 18.7 Å². The number of piperidine rings is 1. The van der Waals surface area contributed by atoms with Gasteiger partial charge in [-0.05, 0) is 44.2 Å². The predicted octanol–water partition coefficient (Wildman–Crippen LogP) is 2.40. The van der Waals surface area contributed by atoms with Gasteiger partial charge >= 0.3 is 0 Å². The molecule has 2 aliphatic rings. The maximum Gasteiger partial charge on any atom is 0.260 e. The average molecular weight is 275 g/mol. The number of carbonyl (C=O) groups is 1. The molecule has 1 saturated heterocycles. The van der Waals surface area contributed by atoms with E-state index in [1.54, 1.807) is 0 Å². The van der Waals surface area contributed by atoms with Crippen molar-refractivity contribution in [3.8, 4) is 11.5 Å². The first-order valence-corrected chi connectivity index (χ1v) is 7.50. The van der Waals surface area contributed by atoms with E-state index in [2.05, 4.69) is 0 Å². The highest BCUT2D eigenvalue weighted by atomic mass is 16.5. The Morgan fingerprint density at radius 2 is 2.05 bits per heavy atom. The quantitative estimate of drug-likeness (QED) is 0.850. The van der Waals surface area contributed by atoms with Gasteiger partial charge in [0.1, 0.15) is 11.5 Å². The molecule has 0 aliphatic carbocycles. The van der Waals surface area contributed by atoms with Crippen molar-refractivity contribution in [3.63, 3.8) is 0 Å². The summed E-state index contributed by atoms with van der Waals surface area (Å²) in [4.78, 5) is 14.0. The Morgan fingerprint density at radius 1 is 1.20 bits per heavy atom. The molecule has 4 heteroatoms. The van der Waals surface area contributed by atoms with Gasteiger partial charge in [-0.2, -0.15) is 0 Å². The van der Waals surface area contributed by atoms with Crippen LogP contribution >= 0.6 is 0 Å². The van der Waals surface area contributed by atoms with Gasteiger partial charge in [0.15, 0.2) is 6.61 Å². The first-order valence-electron chi connectivity index (χ1n) is 7.50. The summed E-state index contributed by atoms with van der Waals surface area (Å²) in [5, 5.41) is 0. The lowest BCUT2D eigenvalue weighted by atomic mass is 10.1. The summed E-state index contributed by atoms with van der Waals surface area (Å²) in [6.45, 7) is 2.65. The van der Waals surface area contributed by atoms with Gasteiger partial charge in [0.2, 0.25) is 0 Å². The molecule has 2 heterocycles. The molecule has 1 aromatic rings. The minimum Gasteiger partial charge on any atom is -0.493 e. The molecule has 0 atom stereocenters. The molecule has 2 aliphatic heterocycles. The third-order valence-corrected chi connectivity index (χ3v) is 3.98. The van der Waals surface area contributed by atoms with E-state index in [4.69, 9.17) is 9.47 Å². The lowest BCUT2D eigenvalue weighted by Gasteiger charge is -2.27. The van der Waals surface area contributed by atoms with Crippen LogP contribution in [0.4, 0.5) is 0 Å². The zero-order valence-electron chi connectivity index (χ0n) is 11.8. The molecule has 0 radical (unpaired) electrons. The summed E-state index contributed by atoms with van der Waals surface area (Å²) in [6, 6.07) is 5.82. The van der Waals surface area contributed by atoms with Crippen LogP contribution in [-0.4, -0.2) is 37.1 Å². The number of likely N-dealkylation sites (tertiary alicyclic amines) is 1. The maximum absolute atomic E-state index is 12.1. The van der Waals surface area contributed by atoms with Crippen LogP contribution in [-0.2, 0) is 11.2 Å². The number of fused-ring (bicyclic) bond motifs is 1. The highest BCUT2D eigenvalue weighted by molar-refractivity contribution is 5.77. The van der Waals surface area contributed by atoms with Crippen molar-refractivity contribution in [2.45, 2.75) is 32.1 Å². The number of rotatable bonds is 3. The van der Waals surface area contributed by atoms with E-state index in [-0.39, 0.29) is 12.5 Å². The molecule has 1 fully saturated rings. The van der Waals surface area contributed by atoms with Gasteiger partial charge in [0.25, 0.3) is 5.91 Å². The van der Waals surface area contributed by atoms with Gasteiger partial charge in [-0.25, -0.2) is 0 Å². The van der Waals surface area contributed by atoms with Crippen LogP contribution in [0, 0.1) is 0 Å². The van der Waals surface area contributed by atoms with Gasteiger partial charge in [0.05, 0.1) is 6.61 Å². The van der Waals surface area contributed by atoms with Crippen LogP contribution in [0.1, 0.15) is 31.2 Å². The smallest absolute Gasteiger partial charge is 0.260 e. The van der Waals surface area contributed by atoms with E-state index in [0.29, 0.717) is 0 Å². The number of nitrogens with zero attached hydrogens (tertiary/aromatic N) is 1. The Labute approximate surface area is 119 Å². The summed E-state index contributed by atoms with van der Waals surface area (Å²) >= 11 is 0. The van der Waals surface area contributed by atoms with E-state index in [1.807, 2.05) is 23.1 Å². The van der Waals surface area contributed by atoms with E-state index in [0.717, 1.165) is 62.4 Å². The fourth-order valence-electron chi connectivity index (χ4n) is 2.87. The predicted molar refractivity (Wildman–Crippen MR) is 76.2 cm³/mol. The molecule has 0 N–H and O–H groups in total. The largest absolute Gasteiger partial charge is 0.493 e. The Hall–Kier alpha value is -1.71. The average Bonchev–Trinajstić information content (AvgIpc) is 2.53. The Morgan fingerprint density at radius 3 is 2.90 bits per heavy atom. The van der Waals surface area contributed by atoms with Crippen LogP contribution in [0.3, 0.4) is 0 Å². The van der Waals surface area contributed by atoms with Crippen molar-refractivity contribution in [1.29, 1.82) is 0 Å². The second-order valence-corrected chi connectivity index (χ2v) is 5.41. The normalized spacial score (nSPS) is 18.1.